The van der Waals surface area contributed by atoms with Gasteiger partial charge >= 0.3 is 12.0 Å². The van der Waals surface area contributed by atoms with Crippen molar-refractivity contribution in [3.05, 3.63) is 60.7 Å². The fourth-order valence-corrected chi connectivity index (χ4v) is 4.52. The highest BCUT2D eigenvalue weighted by Gasteiger charge is 2.43. The Morgan fingerprint density at radius 3 is 2.47 bits per heavy atom. The lowest BCUT2D eigenvalue weighted by molar-refractivity contribution is 0.0690. The highest BCUT2D eigenvalue weighted by atomic mass is 16.5. The molecule has 1 saturated heterocycles. The zero-order chi connectivity index (χ0) is 20.7. The first-order valence-corrected chi connectivity index (χ1v) is 9.92. The number of hydrogen-bond donors (Lipinski definition) is 1. The van der Waals surface area contributed by atoms with E-state index in [9.17, 15) is 9.59 Å². The quantitative estimate of drug-likeness (QED) is 0.713. The maximum atomic E-state index is 12.7. The van der Waals surface area contributed by atoms with E-state index in [-0.39, 0.29) is 17.8 Å². The van der Waals surface area contributed by atoms with Gasteiger partial charge in [-0.25, -0.2) is 14.3 Å². The van der Waals surface area contributed by atoms with Crippen LogP contribution in [0.5, 0.6) is 5.75 Å². The summed E-state index contributed by atoms with van der Waals surface area (Å²) in [6.07, 6.45) is 6.87. The molecular weight excluding hydrogens is 386 g/mol. The molecule has 154 valence electrons. The molecular formula is C21H21N5O4. The van der Waals surface area contributed by atoms with Crippen molar-refractivity contribution < 1.29 is 19.4 Å². The number of nitrogens with zero attached hydrogens (tertiary/aromatic N) is 5. The predicted octanol–water partition coefficient (Wildman–Crippen LogP) is 2.52. The molecule has 5 rings (SSSR count). The van der Waals surface area contributed by atoms with E-state index < -0.39 is 5.97 Å². The summed E-state index contributed by atoms with van der Waals surface area (Å²) in [5, 5.41) is 17.1. The second-order valence-electron chi connectivity index (χ2n) is 7.79. The number of carbonyl (C=O) groups is 2. The molecule has 1 unspecified atom stereocenters. The number of hydrogen-bond acceptors (Lipinski definition) is 5. The molecule has 1 aliphatic heterocycles. The lowest BCUT2D eigenvalue weighted by Crippen LogP contribution is -2.34. The smallest absolute Gasteiger partial charge is 0.356 e. The van der Waals surface area contributed by atoms with Crippen molar-refractivity contribution in [1.82, 2.24) is 24.5 Å². The Hall–Kier alpha value is -3.62. The minimum atomic E-state index is -1.14. The molecule has 9 heteroatoms. The summed E-state index contributed by atoms with van der Waals surface area (Å²) in [6.45, 7) is 1.26. The molecule has 1 amide bonds. The fourth-order valence-electron chi connectivity index (χ4n) is 4.52. The van der Waals surface area contributed by atoms with Crippen LogP contribution < -0.4 is 4.74 Å². The molecule has 1 aromatic carbocycles. The molecule has 2 fully saturated rings. The van der Waals surface area contributed by atoms with Gasteiger partial charge < -0.3 is 14.7 Å². The first-order chi connectivity index (χ1) is 14.6. The summed E-state index contributed by atoms with van der Waals surface area (Å²) in [6, 6.07) is 10.8. The van der Waals surface area contributed by atoms with Gasteiger partial charge in [0.15, 0.2) is 5.69 Å². The summed E-state index contributed by atoms with van der Waals surface area (Å²) >= 11 is 0. The third kappa shape index (κ3) is 3.32. The van der Waals surface area contributed by atoms with Crippen LogP contribution >= 0.6 is 0 Å². The lowest BCUT2D eigenvalue weighted by Gasteiger charge is -2.20. The monoisotopic (exact) mass is 407 g/mol. The van der Waals surface area contributed by atoms with E-state index in [0.29, 0.717) is 24.9 Å². The topological polar surface area (TPSA) is 102 Å². The predicted molar refractivity (Wildman–Crippen MR) is 106 cm³/mol. The van der Waals surface area contributed by atoms with Crippen LogP contribution in [0.25, 0.3) is 5.69 Å². The van der Waals surface area contributed by atoms with Crippen LogP contribution in [0.4, 0.5) is 4.79 Å². The van der Waals surface area contributed by atoms with E-state index in [1.54, 1.807) is 15.8 Å². The average Bonchev–Trinajstić information content (AvgIpc) is 3.50. The molecule has 0 spiro atoms. The van der Waals surface area contributed by atoms with E-state index in [4.69, 9.17) is 9.84 Å². The second kappa shape index (κ2) is 7.33. The van der Waals surface area contributed by atoms with Gasteiger partial charge in [0.1, 0.15) is 11.4 Å². The standard InChI is InChI=1S/C21H21N5O4/c27-20(28)17-6-9-26(23-17)21(29)24-12-14-10-16(11-15(14)13-24)30-19-5-2-1-4-18(19)25-8-3-7-22-25/h1-9,14-16H,10-13H2,(H,27,28)/t14-,15+,16?. The normalized spacial score (nSPS) is 22.8. The van der Waals surface area contributed by atoms with Crippen LogP contribution in [0.3, 0.4) is 0 Å². The van der Waals surface area contributed by atoms with Crippen molar-refractivity contribution in [2.75, 3.05) is 13.1 Å². The number of carboxylic acids is 1. The van der Waals surface area contributed by atoms with Crippen LogP contribution in [0.1, 0.15) is 23.3 Å². The Morgan fingerprint density at radius 2 is 1.80 bits per heavy atom. The summed E-state index contributed by atoms with van der Waals surface area (Å²) in [5.41, 5.74) is 0.774. The Morgan fingerprint density at radius 1 is 1.03 bits per heavy atom. The van der Waals surface area contributed by atoms with Crippen molar-refractivity contribution in [3.63, 3.8) is 0 Å². The number of rotatable bonds is 4. The first kappa shape index (κ1) is 18.4. The van der Waals surface area contributed by atoms with Gasteiger partial charge in [0.2, 0.25) is 0 Å². The highest BCUT2D eigenvalue weighted by molar-refractivity contribution is 5.86. The summed E-state index contributed by atoms with van der Waals surface area (Å²) in [4.78, 5) is 25.4. The summed E-state index contributed by atoms with van der Waals surface area (Å²) < 4.78 is 9.23. The second-order valence-corrected chi connectivity index (χ2v) is 7.79. The molecule has 3 atom stereocenters. The van der Waals surface area contributed by atoms with E-state index >= 15 is 0 Å². The summed E-state index contributed by atoms with van der Waals surface area (Å²) in [5.74, 6) is 0.391. The third-order valence-corrected chi connectivity index (χ3v) is 5.89. The third-order valence-electron chi connectivity index (χ3n) is 5.89. The van der Waals surface area contributed by atoms with Crippen molar-refractivity contribution in [2.24, 2.45) is 11.8 Å². The minimum Gasteiger partial charge on any atom is -0.488 e. The molecule has 2 aliphatic rings. The van der Waals surface area contributed by atoms with E-state index in [1.165, 1.54) is 12.3 Å². The van der Waals surface area contributed by atoms with E-state index in [0.717, 1.165) is 29.0 Å². The molecule has 1 saturated carbocycles. The Bertz CT molecular complexity index is 1060. The zero-order valence-corrected chi connectivity index (χ0v) is 16.2. The van der Waals surface area contributed by atoms with Crippen molar-refractivity contribution in [1.29, 1.82) is 0 Å². The largest absolute Gasteiger partial charge is 0.488 e. The molecule has 30 heavy (non-hydrogen) atoms. The molecule has 2 aromatic heterocycles. The van der Waals surface area contributed by atoms with Gasteiger partial charge in [0.25, 0.3) is 0 Å². The summed E-state index contributed by atoms with van der Waals surface area (Å²) in [7, 11) is 0. The van der Waals surface area contributed by atoms with Crippen LogP contribution in [-0.2, 0) is 0 Å². The van der Waals surface area contributed by atoms with Gasteiger partial charge in [-0.15, -0.1) is 0 Å². The maximum absolute atomic E-state index is 12.7. The Labute approximate surface area is 172 Å². The fraction of sp³-hybridized carbons (Fsp3) is 0.333. The highest BCUT2D eigenvalue weighted by Crippen LogP contribution is 2.40. The van der Waals surface area contributed by atoms with Gasteiger partial charge in [-0.05, 0) is 48.9 Å². The number of benzene rings is 1. The number of likely N-dealkylation sites (tertiary alicyclic amines) is 1. The average molecular weight is 407 g/mol. The first-order valence-electron chi connectivity index (χ1n) is 9.92. The lowest BCUT2D eigenvalue weighted by atomic mass is 10.0. The molecule has 3 heterocycles. The maximum Gasteiger partial charge on any atom is 0.356 e. The van der Waals surface area contributed by atoms with Crippen molar-refractivity contribution in [3.8, 4) is 11.4 Å². The van der Waals surface area contributed by atoms with Gasteiger partial charge in [-0.1, -0.05) is 12.1 Å². The van der Waals surface area contributed by atoms with Crippen LogP contribution in [0.2, 0.25) is 0 Å². The number of carbonyl (C=O) groups excluding carboxylic acids is 1. The van der Waals surface area contributed by atoms with Crippen molar-refractivity contribution >= 4 is 12.0 Å². The van der Waals surface area contributed by atoms with Crippen LogP contribution in [0, 0.1) is 11.8 Å². The number of aromatic carboxylic acids is 1. The SMILES string of the molecule is O=C(O)c1ccn(C(=O)N2C[C@H]3CC(Oc4ccccc4-n4cccn4)C[C@H]3C2)n1. The number of amides is 1. The molecule has 0 bridgehead atoms. The van der Waals surface area contributed by atoms with E-state index in [2.05, 4.69) is 10.2 Å². The van der Waals surface area contributed by atoms with Crippen LogP contribution in [0.15, 0.2) is 55.0 Å². The van der Waals surface area contributed by atoms with Gasteiger partial charge in [-0.2, -0.15) is 14.9 Å². The Kier molecular flexibility index (Phi) is 4.50. The molecule has 0 radical (unpaired) electrons. The van der Waals surface area contributed by atoms with Crippen LogP contribution in [-0.4, -0.2) is 60.8 Å². The molecule has 9 nitrogen and oxygen atoms in total. The van der Waals surface area contributed by atoms with Crippen molar-refractivity contribution in [2.45, 2.75) is 18.9 Å². The number of ether oxygens (including phenoxy) is 1. The van der Waals surface area contributed by atoms with Gasteiger partial charge in [0, 0.05) is 31.7 Å². The number of aromatic nitrogens is 4. The molecule has 1 N–H and O–H groups in total. The minimum absolute atomic E-state index is 0.0947. The van der Waals surface area contributed by atoms with E-state index in [1.807, 2.05) is 36.5 Å². The number of fused-ring (bicyclic) bond motifs is 1. The Balaban J connectivity index is 1.23. The molecule has 3 aromatic rings. The molecule has 1 aliphatic carbocycles. The zero-order valence-electron chi connectivity index (χ0n) is 16.2. The van der Waals surface area contributed by atoms with Gasteiger partial charge in [0.05, 0.1) is 6.10 Å². The number of carboxylic acid groups (broad SMARTS) is 1. The van der Waals surface area contributed by atoms with Gasteiger partial charge in [-0.3, -0.25) is 0 Å². The number of para-hydroxylation sites is 2.